The summed E-state index contributed by atoms with van der Waals surface area (Å²) in [5, 5.41) is 231. The van der Waals surface area contributed by atoms with Gasteiger partial charge in [0.15, 0.2) is 37.7 Å². The first-order chi connectivity index (χ1) is 36.7. The van der Waals surface area contributed by atoms with Crippen molar-refractivity contribution < 1.29 is 169 Å². The minimum atomic E-state index is -2.20. The Morgan fingerprint density at radius 1 is 0.208 bits per heavy atom. The number of hydrogen-bond donors (Lipinski definition) is 21. The van der Waals surface area contributed by atoms with Crippen LogP contribution >= 0.6 is 0 Å². The van der Waals surface area contributed by atoms with Gasteiger partial charge in [0.25, 0.3) is 0 Å². The van der Waals surface area contributed by atoms with Gasteiger partial charge in [-0.15, -0.1) is 0 Å². The van der Waals surface area contributed by atoms with Gasteiger partial charge in [0.2, 0.25) is 0 Å². The molecule has 34 nitrogen and oxygen atoms in total. The molecule has 21 heterocycles. The molecule has 0 radical (unpaired) electrons. The Morgan fingerprint density at radius 2 is 0.403 bits per heavy atom. The molecule has 448 valence electrons. The maximum atomic E-state index is 11.4. The second kappa shape index (κ2) is 26.1. The molecule has 0 amide bonds. The number of aliphatic hydroxyl groups is 21. The minimum Gasteiger partial charge on any atom is -0.394 e. The maximum absolute atomic E-state index is 11.4. The number of hydrogen-bond acceptors (Lipinski definition) is 34. The third-order valence-corrected chi connectivity index (χ3v) is 15.4. The first-order valence-electron chi connectivity index (χ1n) is 25.0. The summed E-state index contributed by atoms with van der Waals surface area (Å²) < 4.78 is 74.3. The maximum Gasteiger partial charge on any atom is 0.187 e. The zero-order valence-corrected chi connectivity index (χ0v) is 40.6. The molecule has 14 bridgehead atoms. The van der Waals surface area contributed by atoms with E-state index in [1.807, 2.05) is 0 Å². The van der Waals surface area contributed by atoms with E-state index in [2.05, 4.69) is 0 Å². The van der Waals surface area contributed by atoms with E-state index in [0.717, 1.165) is 0 Å². The average molecular weight is 1130 g/mol. The van der Waals surface area contributed by atoms with Gasteiger partial charge < -0.3 is 169 Å². The van der Waals surface area contributed by atoms with E-state index in [0.29, 0.717) is 0 Å². The van der Waals surface area contributed by atoms with E-state index in [-0.39, 0.29) is 0 Å². The van der Waals surface area contributed by atoms with E-state index < -0.39 is 267 Å². The van der Waals surface area contributed by atoms with Crippen LogP contribution in [0.25, 0.3) is 0 Å². The first kappa shape index (κ1) is 61.7. The molecule has 0 aromatic rings. The summed E-state index contributed by atoms with van der Waals surface area (Å²) in [4.78, 5) is 0. The van der Waals surface area contributed by atoms with Gasteiger partial charge in [0.05, 0.1) is 64.6 Å². The van der Waals surface area contributed by atoms with E-state index in [1.165, 1.54) is 0 Å². The van der Waals surface area contributed by atoms with Crippen molar-refractivity contribution in [2.45, 2.75) is 215 Å². The third-order valence-electron chi connectivity index (χ3n) is 15.4. The highest BCUT2D eigenvalue weighted by molar-refractivity contribution is 5.02. The van der Waals surface area contributed by atoms with Crippen molar-refractivity contribution in [2.24, 2.45) is 5.92 Å². The zero-order chi connectivity index (χ0) is 56.1. The van der Waals surface area contributed by atoms with Gasteiger partial charge in [-0.1, -0.05) is 0 Å². The first-order valence-corrected chi connectivity index (χ1v) is 25.0. The van der Waals surface area contributed by atoms with Gasteiger partial charge in [-0.05, 0) is 6.42 Å². The van der Waals surface area contributed by atoms with Crippen LogP contribution in [0.4, 0.5) is 0 Å². The van der Waals surface area contributed by atoms with Crippen LogP contribution in [0.1, 0.15) is 6.42 Å². The largest absolute Gasteiger partial charge is 0.394 e. The molecule has 0 aromatic carbocycles. The lowest BCUT2D eigenvalue weighted by Crippen LogP contribution is -2.68. The molecule has 34 heteroatoms. The molecule has 0 saturated carbocycles. The summed E-state index contributed by atoms with van der Waals surface area (Å²) in [6, 6.07) is 0. The molecular formula is C43H72O34. The van der Waals surface area contributed by atoms with Crippen molar-refractivity contribution in [3.05, 3.63) is 0 Å². The van der Waals surface area contributed by atoms with Crippen molar-refractivity contribution in [2.75, 3.05) is 46.2 Å². The van der Waals surface area contributed by atoms with Gasteiger partial charge in [-0.25, -0.2) is 0 Å². The summed E-state index contributed by atoms with van der Waals surface area (Å²) in [6.07, 6.45) is -66.8. The van der Waals surface area contributed by atoms with Crippen molar-refractivity contribution in [3.63, 3.8) is 0 Å². The molecule has 21 saturated heterocycles. The van der Waals surface area contributed by atoms with Crippen LogP contribution in [0.15, 0.2) is 0 Å². The van der Waals surface area contributed by atoms with Crippen LogP contribution in [0.5, 0.6) is 0 Å². The van der Waals surface area contributed by atoms with Crippen LogP contribution in [0.3, 0.4) is 0 Å². The minimum absolute atomic E-state index is 0.542. The summed E-state index contributed by atoms with van der Waals surface area (Å²) in [6.45, 7) is -7.05. The summed E-state index contributed by atoms with van der Waals surface area (Å²) >= 11 is 0. The highest BCUT2D eigenvalue weighted by Gasteiger charge is 2.59. The van der Waals surface area contributed by atoms with Crippen molar-refractivity contribution in [1.29, 1.82) is 0 Å². The van der Waals surface area contributed by atoms with Crippen LogP contribution in [0.2, 0.25) is 0 Å². The van der Waals surface area contributed by atoms with E-state index in [1.54, 1.807) is 0 Å². The van der Waals surface area contributed by atoms with Crippen molar-refractivity contribution in [1.82, 2.24) is 0 Å². The monoisotopic (exact) mass is 1130 g/mol. The molecule has 35 atom stereocenters. The van der Waals surface area contributed by atoms with E-state index in [9.17, 15) is 107 Å². The summed E-state index contributed by atoms with van der Waals surface area (Å²) in [5.74, 6) is -1.38. The number of rotatable bonds is 7. The van der Waals surface area contributed by atoms with Crippen LogP contribution in [-0.4, -0.2) is 362 Å². The molecule has 7 unspecified atom stereocenters. The zero-order valence-electron chi connectivity index (χ0n) is 40.6. The molecule has 77 heavy (non-hydrogen) atoms. The standard InChI is InChI=1S/C43H72O34/c44-2-11-9-1-10-19(52)20(53)32(12(3-45)65-10)72-39-27(60)22(55)34(14(5-47)67-39)74-41-29(62)24(57)36(16(7-49)69-41)76-43-31(64)25(58)37(17(8-50)71-43)77-42-30(63)23(56)35(15(6-48)70-42)75-40-28(61)21(54)33(13(4-46)68-40)73-38(66-11)26(59)18(9)51/h9-64H,1-8H2/t9-,10?,11-,12-,13-,14-,15-,16-,17-,18+,19+,20-,21-,22-,23-,24-,25-,26-,27-,28-,29-,30-,31-,32-,33-,34-,35-,36-,37-,38?,39?,40?,41?,42?,43?/m1/s1. The Morgan fingerprint density at radius 3 is 0.636 bits per heavy atom. The predicted octanol–water partition coefficient (Wildman–Crippen LogP) is -14.6. The molecule has 21 aliphatic rings. The quantitative estimate of drug-likeness (QED) is 0.113. The topological polar surface area (TPSA) is 545 Å². The lowest BCUT2D eigenvalue weighted by atomic mass is 9.81. The van der Waals surface area contributed by atoms with Crippen molar-refractivity contribution in [3.8, 4) is 0 Å². The molecular weight excluding hydrogens is 1060 g/mol. The molecule has 21 fully saturated rings. The Hall–Kier alpha value is -1.36. The highest BCUT2D eigenvalue weighted by atomic mass is 16.8. The average Bonchev–Trinajstić information content (AvgIpc) is 3.45. The van der Waals surface area contributed by atoms with Gasteiger partial charge in [-0.2, -0.15) is 0 Å². The van der Waals surface area contributed by atoms with E-state index >= 15 is 0 Å². The second-order valence-electron chi connectivity index (χ2n) is 20.1. The van der Waals surface area contributed by atoms with Gasteiger partial charge in [0, 0.05) is 5.92 Å². The number of aliphatic hydroxyl groups excluding tert-OH is 21. The Kier molecular flexibility index (Phi) is 20.9. The third kappa shape index (κ3) is 12.1. The fourth-order valence-electron chi connectivity index (χ4n) is 11.0. The lowest BCUT2D eigenvalue weighted by Gasteiger charge is -2.50. The Bertz CT molecular complexity index is 1470. The molecule has 0 aromatic heterocycles. The second-order valence-corrected chi connectivity index (χ2v) is 20.1. The predicted molar refractivity (Wildman–Crippen MR) is 232 cm³/mol. The van der Waals surface area contributed by atoms with Gasteiger partial charge in [-0.3, -0.25) is 0 Å². The molecule has 0 aliphatic carbocycles. The SMILES string of the molecule is OC[C@H]1OC2O[C@H]3[C@H](O)[C@@H](O)C(O[C@H]4[C@H](O)[C@@H](O)C(O[C@H]5[C@H](O)[C@@H](O)C(O[C@H]6[C@H](O)[C@@H](O)C(O[C@H]7[C@H](O)[C@@H](O)C(O[C@H]8[C@H](O)[C@@H](O)C(C[C@H]1[C@H](O)[C@H]2O)O[C@@H]8CO)O[C@@H]7CO)O[C@@H]6CO)O[C@@H]5CO)O[C@@H]4CO)O[C@@H]3CO. The highest BCUT2D eigenvalue weighted by Crippen LogP contribution is 2.40. The molecule has 21 aliphatic heterocycles. The van der Waals surface area contributed by atoms with Crippen molar-refractivity contribution >= 4 is 0 Å². The molecule has 21 rings (SSSR count). The summed E-state index contributed by atoms with van der Waals surface area (Å²) in [5.41, 5.74) is 0. The van der Waals surface area contributed by atoms with Gasteiger partial charge >= 0.3 is 0 Å². The fourth-order valence-corrected chi connectivity index (χ4v) is 11.0. The number of ether oxygens (including phenoxy) is 13. The smallest absolute Gasteiger partial charge is 0.187 e. The van der Waals surface area contributed by atoms with Crippen LogP contribution in [-0.2, 0) is 61.6 Å². The Balaban J connectivity index is 1.08. The Labute approximate surface area is 435 Å². The normalized spacial score (nSPS) is 55.4. The van der Waals surface area contributed by atoms with Crippen LogP contribution < -0.4 is 0 Å². The van der Waals surface area contributed by atoms with E-state index in [4.69, 9.17) is 61.6 Å². The van der Waals surface area contributed by atoms with Gasteiger partial charge in [0.1, 0.15) is 153 Å². The fraction of sp³-hybridized carbons (Fsp3) is 1.00. The summed E-state index contributed by atoms with van der Waals surface area (Å²) in [7, 11) is 0. The lowest BCUT2D eigenvalue weighted by molar-refractivity contribution is -0.396. The van der Waals surface area contributed by atoms with Crippen LogP contribution in [0, 0.1) is 5.92 Å². The molecule has 0 spiro atoms. The molecule has 21 N–H and O–H groups in total.